The molecule has 1 rings (SSSR count). The molecule has 0 heterocycles. The smallest absolute Gasteiger partial charge is 0.338 e. The molecule has 0 aromatic heterocycles. The molecule has 1 aromatic carbocycles. The van der Waals surface area contributed by atoms with Gasteiger partial charge in [-0.1, -0.05) is 0 Å². The average Bonchev–Trinajstić information content (AvgIpc) is 1.85. The molecular weight excluding hydrogens is 177 g/mol. The van der Waals surface area contributed by atoms with E-state index in [-0.39, 0.29) is 29.6 Å². The van der Waals surface area contributed by atoms with E-state index in [4.69, 9.17) is 5.11 Å². The maximum absolute atomic E-state index is 12.5. The number of carbonyl (C=O) groups is 1. The summed E-state index contributed by atoms with van der Waals surface area (Å²) >= 11 is 0. The fraction of sp³-hybridized carbons (Fsp3) is 0. The quantitative estimate of drug-likeness (QED) is 0.662. The molecule has 1 N–H and O–H groups in total. The van der Waals surface area contributed by atoms with Gasteiger partial charge in [-0.3, -0.25) is 0 Å². The van der Waals surface area contributed by atoms with Crippen molar-refractivity contribution in [3.05, 3.63) is 35.4 Å². The van der Waals surface area contributed by atoms with Gasteiger partial charge in [0.05, 0.1) is 5.56 Å². The van der Waals surface area contributed by atoms with E-state index in [1.807, 2.05) is 0 Å². The van der Waals surface area contributed by atoms with Crippen LogP contribution < -0.4 is 0 Å². The van der Waals surface area contributed by atoms with Gasteiger partial charge in [-0.2, -0.15) is 0 Å². The van der Waals surface area contributed by atoms with Crippen LogP contribution in [-0.4, -0.2) is 40.6 Å². The monoisotopic (exact) mass is 181 g/mol. The van der Waals surface area contributed by atoms with Gasteiger partial charge in [0.2, 0.25) is 0 Å². The van der Waals surface area contributed by atoms with Gasteiger partial charge in [0.25, 0.3) is 0 Å². The Labute approximate surface area is 89.5 Å². The van der Waals surface area contributed by atoms with Gasteiger partial charge in [-0.25, -0.2) is 13.6 Å². The zero-order valence-electron chi connectivity index (χ0n) is 6.34. The van der Waals surface area contributed by atoms with E-state index in [1.165, 1.54) is 0 Å². The molecule has 1 radical (unpaired) electrons. The fourth-order valence-electron chi connectivity index (χ4n) is 0.663. The van der Waals surface area contributed by atoms with Crippen LogP contribution in [0.2, 0.25) is 0 Å². The molecule has 0 bridgehead atoms. The molecule has 5 heteroatoms. The number of hydrogen-bond acceptors (Lipinski definition) is 1. The zero-order valence-corrected chi connectivity index (χ0v) is 8.34. The summed E-state index contributed by atoms with van der Waals surface area (Å²) in [5.74, 6) is -3.24. The third-order valence-corrected chi connectivity index (χ3v) is 1.16. The second-order valence-corrected chi connectivity index (χ2v) is 1.93. The first-order valence-corrected chi connectivity index (χ1v) is 2.79. The Morgan fingerprint density at radius 1 is 1.33 bits per heavy atom. The Balaban J connectivity index is 0.00000121. The number of carboxylic acids is 1. The van der Waals surface area contributed by atoms with Crippen LogP contribution in [0.5, 0.6) is 0 Å². The Bertz CT molecular complexity index is 301. The van der Waals surface area contributed by atoms with Crippen molar-refractivity contribution in [1.29, 1.82) is 0 Å². The maximum Gasteiger partial charge on any atom is 0.338 e. The molecule has 59 valence electrons. The SMILES string of the molecule is O=C(O)c1ccc(F)cc1F.[Na]. The van der Waals surface area contributed by atoms with Crippen LogP contribution in [0.3, 0.4) is 0 Å². The first-order chi connectivity index (χ1) is 5.11. The molecule has 0 saturated heterocycles. The topological polar surface area (TPSA) is 37.3 Å². The number of carboxylic acid groups (broad SMARTS) is 1. The summed E-state index contributed by atoms with van der Waals surface area (Å²) in [6.45, 7) is 0. The van der Waals surface area contributed by atoms with Crippen molar-refractivity contribution < 1.29 is 18.7 Å². The summed E-state index contributed by atoms with van der Waals surface area (Å²) in [5.41, 5.74) is -0.522. The van der Waals surface area contributed by atoms with Gasteiger partial charge in [-0.05, 0) is 12.1 Å². The van der Waals surface area contributed by atoms with Crippen molar-refractivity contribution >= 4 is 35.5 Å². The third kappa shape index (κ3) is 2.55. The molecule has 12 heavy (non-hydrogen) atoms. The number of hydrogen-bond donors (Lipinski definition) is 1. The van der Waals surface area contributed by atoms with Gasteiger partial charge >= 0.3 is 5.97 Å². The van der Waals surface area contributed by atoms with Crippen molar-refractivity contribution in [3.63, 3.8) is 0 Å². The van der Waals surface area contributed by atoms with Crippen LogP contribution in [0, 0.1) is 11.6 Å². The van der Waals surface area contributed by atoms with Gasteiger partial charge in [-0.15, -0.1) is 0 Å². The Hall–Kier alpha value is -0.450. The normalized spacial score (nSPS) is 8.83. The molecule has 0 aliphatic carbocycles. The molecule has 1 aromatic rings. The van der Waals surface area contributed by atoms with E-state index in [2.05, 4.69) is 0 Å². The summed E-state index contributed by atoms with van der Waals surface area (Å²) in [6, 6.07) is 2.31. The first kappa shape index (κ1) is 11.6. The van der Waals surface area contributed by atoms with E-state index >= 15 is 0 Å². The molecular formula is C7H4F2NaO2. The predicted octanol–water partition coefficient (Wildman–Crippen LogP) is 1.28. The Morgan fingerprint density at radius 3 is 2.33 bits per heavy atom. The average molecular weight is 181 g/mol. The van der Waals surface area contributed by atoms with E-state index in [9.17, 15) is 13.6 Å². The van der Waals surface area contributed by atoms with Gasteiger partial charge < -0.3 is 5.11 Å². The van der Waals surface area contributed by atoms with Gasteiger partial charge in [0.1, 0.15) is 11.6 Å². The Kier molecular flexibility index (Phi) is 4.37. The molecule has 0 aliphatic heterocycles. The van der Waals surface area contributed by atoms with Gasteiger partial charge in [0, 0.05) is 35.6 Å². The van der Waals surface area contributed by atoms with Crippen LogP contribution in [0.1, 0.15) is 10.4 Å². The second-order valence-electron chi connectivity index (χ2n) is 1.93. The summed E-state index contributed by atoms with van der Waals surface area (Å²) in [6.07, 6.45) is 0. The number of aromatic carboxylic acids is 1. The molecule has 0 aliphatic rings. The van der Waals surface area contributed by atoms with Gasteiger partial charge in [0.15, 0.2) is 0 Å². The summed E-state index contributed by atoms with van der Waals surface area (Å²) in [5, 5.41) is 8.29. The fourth-order valence-corrected chi connectivity index (χ4v) is 0.663. The molecule has 0 spiro atoms. The van der Waals surface area contributed by atoms with Crippen LogP contribution in [0.25, 0.3) is 0 Å². The molecule has 0 saturated carbocycles. The molecule has 0 fully saturated rings. The van der Waals surface area contributed by atoms with Crippen molar-refractivity contribution in [2.75, 3.05) is 0 Å². The van der Waals surface area contributed by atoms with Crippen molar-refractivity contribution in [2.45, 2.75) is 0 Å². The first-order valence-electron chi connectivity index (χ1n) is 2.79. The molecule has 2 nitrogen and oxygen atoms in total. The minimum Gasteiger partial charge on any atom is -0.478 e. The summed E-state index contributed by atoms with van der Waals surface area (Å²) < 4.78 is 24.7. The Morgan fingerprint density at radius 2 is 1.92 bits per heavy atom. The molecule has 0 amide bonds. The predicted molar refractivity (Wildman–Crippen MR) is 39.1 cm³/mol. The standard InChI is InChI=1S/C7H4F2O2.Na/c8-4-1-2-5(7(10)11)6(9)3-4;/h1-3H,(H,10,11);. The van der Waals surface area contributed by atoms with Crippen molar-refractivity contribution in [3.8, 4) is 0 Å². The van der Waals surface area contributed by atoms with E-state index in [1.54, 1.807) is 0 Å². The largest absolute Gasteiger partial charge is 0.478 e. The second kappa shape index (κ2) is 4.54. The van der Waals surface area contributed by atoms with Crippen LogP contribution in [0.4, 0.5) is 8.78 Å². The van der Waals surface area contributed by atoms with Crippen LogP contribution in [-0.2, 0) is 0 Å². The van der Waals surface area contributed by atoms with E-state index < -0.39 is 23.2 Å². The summed E-state index contributed by atoms with van der Waals surface area (Å²) in [7, 11) is 0. The van der Waals surface area contributed by atoms with Crippen molar-refractivity contribution in [1.82, 2.24) is 0 Å². The van der Waals surface area contributed by atoms with E-state index in [0.29, 0.717) is 6.07 Å². The van der Waals surface area contributed by atoms with E-state index in [0.717, 1.165) is 12.1 Å². The number of halogens is 2. The van der Waals surface area contributed by atoms with Crippen molar-refractivity contribution in [2.24, 2.45) is 0 Å². The summed E-state index contributed by atoms with van der Waals surface area (Å²) in [4.78, 5) is 10.2. The van der Waals surface area contributed by atoms with Crippen LogP contribution >= 0.6 is 0 Å². The third-order valence-electron chi connectivity index (χ3n) is 1.16. The minimum atomic E-state index is -1.40. The van der Waals surface area contributed by atoms with Crippen LogP contribution in [0.15, 0.2) is 18.2 Å². The zero-order chi connectivity index (χ0) is 8.43. The maximum atomic E-state index is 12.5. The minimum absolute atomic E-state index is 0. The molecule has 0 unspecified atom stereocenters. The molecule has 0 atom stereocenters. The number of benzene rings is 1. The number of rotatable bonds is 1.